The van der Waals surface area contributed by atoms with Crippen LogP contribution in [-0.2, 0) is 17.4 Å². The summed E-state index contributed by atoms with van der Waals surface area (Å²) in [7, 11) is 0. The Bertz CT molecular complexity index is 946. The maximum absolute atomic E-state index is 12.9. The smallest absolute Gasteiger partial charge is 0.416 e. The van der Waals surface area contributed by atoms with Crippen molar-refractivity contribution in [2.45, 2.75) is 17.8 Å². The summed E-state index contributed by atoms with van der Waals surface area (Å²) in [6.45, 7) is 0. The Labute approximate surface area is 167 Å². The Morgan fingerprint density at radius 1 is 1.21 bits per heavy atom. The van der Waals surface area contributed by atoms with E-state index in [1.807, 2.05) is 0 Å². The maximum atomic E-state index is 12.9. The summed E-state index contributed by atoms with van der Waals surface area (Å²) in [5.41, 5.74) is 0.115. The number of carbonyl (C=O) groups excluding carboxylic acids is 1. The van der Waals surface area contributed by atoms with E-state index in [-0.39, 0.29) is 33.8 Å². The number of halogens is 4. The number of nitrogens with one attached hydrogen (secondary N) is 1. The lowest BCUT2D eigenvalue weighted by atomic mass is 10.1. The van der Waals surface area contributed by atoms with Crippen molar-refractivity contribution in [1.82, 2.24) is 5.32 Å². The monoisotopic (exact) mass is 427 g/mol. The summed E-state index contributed by atoms with van der Waals surface area (Å²) in [6, 6.07) is 9.29. The van der Waals surface area contributed by atoms with Crippen LogP contribution in [0.3, 0.4) is 0 Å². The fourth-order valence-electron chi connectivity index (χ4n) is 2.40. The molecule has 10 heteroatoms. The third-order valence-electron chi connectivity index (χ3n) is 3.80. The third kappa shape index (κ3) is 5.05. The topological polar surface area (TPSA) is 74.0 Å². The molecule has 0 aromatic heterocycles. The van der Waals surface area contributed by atoms with Crippen LogP contribution in [0.2, 0.25) is 5.02 Å². The van der Waals surface area contributed by atoms with Crippen LogP contribution in [0.5, 0.6) is 5.75 Å². The molecule has 0 bridgehead atoms. The highest BCUT2D eigenvalue weighted by molar-refractivity contribution is 8.15. The number of amides is 1. The number of carbonyl (C=O) groups is 1. The highest BCUT2D eigenvalue weighted by Gasteiger charge is 2.34. The van der Waals surface area contributed by atoms with Crippen LogP contribution in [-0.4, -0.2) is 27.6 Å². The number of nitrogens with zero attached hydrogens (tertiary/aromatic N) is 2. The molecule has 2 aromatic rings. The van der Waals surface area contributed by atoms with Crippen LogP contribution in [0.4, 0.5) is 13.2 Å². The molecule has 1 fully saturated rings. The molecule has 146 valence electrons. The number of rotatable bonds is 4. The molecule has 0 aliphatic carbocycles. The molecular formula is C18H13ClF3N3O2S. The maximum Gasteiger partial charge on any atom is 0.416 e. The van der Waals surface area contributed by atoms with Crippen LogP contribution in [0.15, 0.2) is 52.7 Å². The fraction of sp³-hybridized carbons (Fsp3) is 0.167. The van der Waals surface area contributed by atoms with Gasteiger partial charge in [0.15, 0.2) is 5.17 Å². The Morgan fingerprint density at radius 3 is 2.61 bits per heavy atom. The second-order valence-electron chi connectivity index (χ2n) is 5.85. The third-order valence-corrected chi connectivity index (χ3v) is 5.24. The molecule has 0 spiro atoms. The summed E-state index contributed by atoms with van der Waals surface area (Å²) >= 11 is 7.06. The normalized spacial score (nSPS) is 18.8. The lowest BCUT2D eigenvalue weighted by molar-refractivity contribution is -0.137. The van der Waals surface area contributed by atoms with Crippen molar-refractivity contribution in [3.63, 3.8) is 0 Å². The van der Waals surface area contributed by atoms with Crippen molar-refractivity contribution in [2.24, 2.45) is 10.2 Å². The largest absolute Gasteiger partial charge is 0.508 e. The van der Waals surface area contributed by atoms with E-state index in [1.165, 1.54) is 24.4 Å². The van der Waals surface area contributed by atoms with E-state index >= 15 is 0 Å². The van der Waals surface area contributed by atoms with Gasteiger partial charge in [0.05, 0.1) is 17.0 Å². The SMILES string of the molecule is O=C1N/C(=N/N=C\c2ccc(O)cc2)S[C@H]1Cc1cc(C(F)(F)F)ccc1Cl. The minimum Gasteiger partial charge on any atom is -0.508 e. The van der Waals surface area contributed by atoms with Gasteiger partial charge < -0.3 is 10.4 Å². The van der Waals surface area contributed by atoms with Gasteiger partial charge >= 0.3 is 6.18 Å². The molecule has 0 saturated carbocycles. The first-order valence-electron chi connectivity index (χ1n) is 7.95. The standard InChI is InChI=1S/C18H13ClF3N3O2S/c19-14-6-3-12(18(20,21)22)7-11(14)8-15-16(27)24-17(28-15)25-23-9-10-1-4-13(26)5-2-10/h1-7,9,15,26H,8H2,(H,24,25,27)/b23-9-/t15-/m0/s1. The van der Waals surface area contributed by atoms with Crippen LogP contribution < -0.4 is 5.32 Å². The minimum absolute atomic E-state index is 0.0277. The van der Waals surface area contributed by atoms with Gasteiger partial charge in [-0.15, -0.1) is 5.10 Å². The second-order valence-corrected chi connectivity index (χ2v) is 7.44. The van der Waals surface area contributed by atoms with Crippen LogP contribution in [0.1, 0.15) is 16.7 Å². The number of aromatic hydroxyl groups is 1. The zero-order valence-corrected chi connectivity index (χ0v) is 15.6. The van der Waals surface area contributed by atoms with Gasteiger partial charge in [-0.25, -0.2) is 0 Å². The summed E-state index contributed by atoms with van der Waals surface area (Å²) in [5.74, 6) is -0.254. The fourth-order valence-corrected chi connectivity index (χ4v) is 3.55. The van der Waals surface area contributed by atoms with Gasteiger partial charge in [0.1, 0.15) is 5.75 Å². The molecule has 3 rings (SSSR count). The van der Waals surface area contributed by atoms with Gasteiger partial charge in [0, 0.05) is 5.02 Å². The molecule has 2 N–H and O–H groups in total. The van der Waals surface area contributed by atoms with Crippen LogP contribution in [0, 0.1) is 0 Å². The number of hydrogen-bond donors (Lipinski definition) is 2. The summed E-state index contributed by atoms with van der Waals surface area (Å²) in [6.07, 6.45) is -3.02. The van der Waals surface area contributed by atoms with E-state index in [9.17, 15) is 23.1 Å². The highest BCUT2D eigenvalue weighted by Crippen LogP contribution is 2.33. The lowest BCUT2D eigenvalue weighted by Gasteiger charge is -2.12. The second kappa shape index (κ2) is 8.24. The number of phenolic OH excluding ortho intramolecular Hbond substituents is 1. The molecule has 28 heavy (non-hydrogen) atoms. The van der Waals surface area contributed by atoms with Gasteiger partial charge in [-0.3, -0.25) is 4.79 Å². The average Bonchev–Trinajstić information content (AvgIpc) is 2.97. The first-order chi connectivity index (χ1) is 13.2. The number of thioether (sulfide) groups is 1. The molecule has 1 saturated heterocycles. The van der Waals surface area contributed by atoms with Crippen molar-refractivity contribution >= 4 is 40.7 Å². The first-order valence-corrected chi connectivity index (χ1v) is 9.21. The van der Waals surface area contributed by atoms with E-state index < -0.39 is 17.0 Å². The molecule has 1 aliphatic heterocycles. The van der Waals surface area contributed by atoms with Gasteiger partial charge in [-0.1, -0.05) is 23.4 Å². The highest BCUT2D eigenvalue weighted by atomic mass is 35.5. The molecular weight excluding hydrogens is 415 g/mol. The van der Waals surface area contributed by atoms with Gasteiger partial charge in [-0.2, -0.15) is 18.3 Å². The molecule has 1 amide bonds. The number of benzene rings is 2. The van der Waals surface area contributed by atoms with E-state index in [4.69, 9.17) is 11.6 Å². The summed E-state index contributed by atoms with van der Waals surface area (Å²) < 4.78 is 38.6. The average molecular weight is 428 g/mol. The summed E-state index contributed by atoms with van der Waals surface area (Å²) in [4.78, 5) is 12.1. The van der Waals surface area contributed by atoms with Crippen molar-refractivity contribution < 1.29 is 23.1 Å². The van der Waals surface area contributed by atoms with Gasteiger partial charge in [0.2, 0.25) is 5.91 Å². The molecule has 1 aliphatic rings. The van der Waals surface area contributed by atoms with Crippen molar-refractivity contribution in [2.75, 3.05) is 0 Å². The van der Waals surface area contributed by atoms with Crippen molar-refractivity contribution in [1.29, 1.82) is 0 Å². The van der Waals surface area contributed by atoms with Crippen LogP contribution in [0.25, 0.3) is 0 Å². The van der Waals surface area contributed by atoms with Gasteiger partial charge in [0.25, 0.3) is 0 Å². The lowest BCUT2D eigenvalue weighted by Crippen LogP contribution is -2.26. The number of phenols is 1. The van der Waals surface area contributed by atoms with E-state index in [0.717, 1.165) is 23.9 Å². The number of amidine groups is 1. The Balaban J connectivity index is 1.69. The zero-order chi connectivity index (χ0) is 20.3. The Morgan fingerprint density at radius 2 is 1.93 bits per heavy atom. The summed E-state index contributed by atoms with van der Waals surface area (Å²) in [5, 5.41) is 19.3. The molecule has 1 atom stereocenters. The molecule has 2 aromatic carbocycles. The minimum atomic E-state index is -4.49. The predicted molar refractivity (Wildman–Crippen MR) is 103 cm³/mol. The molecule has 5 nitrogen and oxygen atoms in total. The molecule has 1 heterocycles. The zero-order valence-electron chi connectivity index (χ0n) is 14.1. The van der Waals surface area contributed by atoms with E-state index in [2.05, 4.69) is 15.5 Å². The predicted octanol–water partition coefficient (Wildman–Crippen LogP) is 4.23. The number of alkyl halides is 3. The molecule has 0 radical (unpaired) electrons. The van der Waals surface area contributed by atoms with Gasteiger partial charge in [-0.05, 0) is 60.0 Å². The van der Waals surface area contributed by atoms with Crippen molar-refractivity contribution in [3.05, 3.63) is 64.2 Å². The van der Waals surface area contributed by atoms with E-state index in [1.54, 1.807) is 12.1 Å². The Hall–Kier alpha value is -2.52. The van der Waals surface area contributed by atoms with E-state index in [0.29, 0.717) is 5.56 Å². The van der Waals surface area contributed by atoms with Crippen LogP contribution >= 0.6 is 23.4 Å². The molecule has 0 unspecified atom stereocenters. The first kappa shape index (κ1) is 20.2. The van der Waals surface area contributed by atoms with Crippen molar-refractivity contribution in [3.8, 4) is 5.75 Å². The quantitative estimate of drug-likeness (QED) is 0.566. The number of hydrogen-bond acceptors (Lipinski definition) is 5. The Kier molecular flexibility index (Phi) is 5.95.